The number of methoxy groups -OCH3 is 1. The number of fused-ring (bicyclic) bond motifs is 2. The monoisotopic (exact) mass is 1930 g/mol. The summed E-state index contributed by atoms with van der Waals surface area (Å²) in [5, 5.41) is 39.5. The molecular weight excluding hydrogens is 1810 g/mol. The Bertz CT molecular complexity index is 6190. The summed E-state index contributed by atoms with van der Waals surface area (Å²) in [5.74, 6) is 13.3. The molecular formula is C102H124N28O12. The Morgan fingerprint density at radius 1 is 0.577 bits per heavy atom. The second kappa shape index (κ2) is 42.8. The number of nitrogens with one attached hydrogen (secondary N) is 5. The van der Waals surface area contributed by atoms with E-state index in [0.29, 0.717) is 141 Å². The highest BCUT2D eigenvalue weighted by Gasteiger charge is 2.59. The molecule has 14 heterocycles. The number of nitriles is 1. The molecule has 7 atom stereocenters. The predicted octanol–water partition coefficient (Wildman–Crippen LogP) is 9.03. The number of aromatic amines is 1. The molecule has 142 heavy (non-hydrogen) atoms. The van der Waals surface area contributed by atoms with E-state index < -0.39 is 5.54 Å². The number of carbonyl (C=O) groups is 4. The van der Waals surface area contributed by atoms with Crippen LogP contribution in [0.3, 0.4) is 0 Å². The largest absolute Gasteiger partial charge is 0.489 e. The molecule has 40 heteroatoms. The van der Waals surface area contributed by atoms with Crippen LogP contribution in [0.25, 0.3) is 11.0 Å². The van der Waals surface area contributed by atoms with Crippen molar-refractivity contribution < 1.29 is 57.4 Å². The van der Waals surface area contributed by atoms with E-state index in [0.717, 1.165) is 226 Å². The Hall–Kier alpha value is -14.1. The lowest BCUT2D eigenvalue weighted by Gasteiger charge is -2.61. The number of H-pyrrole nitrogens is 1. The third-order valence-corrected chi connectivity index (χ3v) is 29.9. The average Bonchev–Trinajstić information content (AvgIpc) is 1.67. The van der Waals surface area contributed by atoms with Gasteiger partial charge in [-0.15, -0.1) is 24.7 Å². The van der Waals surface area contributed by atoms with E-state index in [1.54, 1.807) is 50.0 Å². The summed E-state index contributed by atoms with van der Waals surface area (Å²) in [6.07, 6.45) is 36.6. The van der Waals surface area contributed by atoms with Crippen molar-refractivity contribution in [1.82, 2.24) is 101 Å². The van der Waals surface area contributed by atoms with E-state index in [1.165, 1.54) is 5.56 Å². The lowest BCUT2D eigenvalue weighted by atomic mass is 9.50. The van der Waals surface area contributed by atoms with Gasteiger partial charge in [-0.2, -0.15) is 55.2 Å². The molecule has 0 spiro atoms. The number of anilines is 6. The highest BCUT2D eigenvalue weighted by Crippen LogP contribution is 2.58. The number of nitrogens with two attached hydrogens (primary N) is 2. The number of hydrogen-bond donors (Lipinski definition) is 8. The van der Waals surface area contributed by atoms with Gasteiger partial charge in [0.05, 0.1) is 87.9 Å². The molecule has 9 aromatic rings. The molecule has 10 N–H and O–H groups in total. The fourth-order valence-corrected chi connectivity index (χ4v) is 20.6. The van der Waals surface area contributed by atoms with Gasteiger partial charge >= 0.3 is 24.0 Å². The highest BCUT2D eigenvalue weighted by molar-refractivity contribution is 6.05. The standard InChI is InChI=1S/C28H32N6O3.C26H28N8O2.C25H35N7O4.C23H29N7O3/c1-2-18-13-20(18)16-37-27-31-22(26(36)33-28(17-35)8-4-9-28)14-24(32-27)34-11-6-19(7-12-34)25-21-5-3-10-29-23(21)15-30-25;1-2-16-10-18(16)14-36-25-29-22(23(35)31-26-11-15(12-26)13-26)28-24(30-25)34-8-5-17(6-9-34)20-19-4-3-7-27-21(19)33-32-20;1-15-12-27-21(26)23(28-15)35-14-17-4-6-32(7-5-17)20-8-19(22(33)31-25-9-18(10-25)11-25)29-24(30-20)36-16(2)13-34-3;1-2-26-22(31)18-11-20(29-23(28-18)33-14-17-10-16(17)12-24)30-8-5-15(6-9-30)13-32-19-4-3-7-27-21(19)25/h1,3,5,10,14,18-20,35H,4,6-9,11-13,15-17H2,(H,33,36);1,3-4,7,15-18H,5-6,8-14H2,(H,31,35)(H,27,32,33);8,12,16-18H,4-7,9-11,13-14H2,1-3H3,(H2,26,27)(H,31,33);3-4,7,11,15-17H,2,5-6,8-10,13-14H2,1H3,(H2,25,27)(H,26,31)/t18-,20-;15?,16-,18-,26?;16-,18?,25?;16-,17+/m1111/s1. The second-order valence-corrected chi connectivity index (χ2v) is 40.3. The minimum atomic E-state index is -0.553. The molecule has 10 aliphatic carbocycles. The zero-order valence-electron chi connectivity index (χ0n) is 80.8. The van der Waals surface area contributed by atoms with Crippen molar-refractivity contribution in [3.63, 3.8) is 0 Å². The van der Waals surface area contributed by atoms with Crippen LogP contribution in [-0.4, -0.2) is 249 Å². The molecule has 4 amide bonds. The van der Waals surface area contributed by atoms with Crippen LogP contribution in [0.1, 0.15) is 213 Å². The number of pyridine rings is 3. The lowest BCUT2D eigenvalue weighted by molar-refractivity contribution is -0.0444. The third-order valence-electron chi connectivity index (χ3n) is 29.9. The summed E-state index contributed by atoms with van der Waals surface area (Å²) in [4.78, 5) is 127. The van der Waals surface area contributed by atoms with Crippen LogP contribution < -0.4 is 80.8 Å². The van der Waals surface area contributed by atoms with Crippen LogP contribution in [0.15, 0.2) is 84.4 Å². The summed E-state index contributed by atoms with van der Waals surface area (Å²) in [7, 11) is 1.62. The molecule has 10 saturated carbocycles. The van der Waals surface area contributed by atoms with Crippen molar-refractivity contribution in [2.24, 2.45) is 70.1 Å². The van der Waals surface area contributed by atoms with E-state index in [1.807, 2.05) is 45.2 Å². The number of terminal acetylenes is 2. The molecule has 24 rings (SSSR count). The van der Waals surface area contributed by atoms with Crippen molar-refractivity contribution in [2.75, 3.05) is 143 Å². The van der Waals surface area contributed by atoms with Gasteiger partial charge in [0.2, 0.25) is 11.8 Å². The van der Waals surface area contributed by atoms with Crippen LogP contribution in [0, 0.1) is 108 Å². The van der Waals surface area contributed by atoms with Crippen LogP contribution in [0.2, 0.25) is 0 Å². The zero-order chi connectivity index (χ0) is 98.2. The van der Waals surface area contributed by atoms with Crippen molar-refractivity contribution in [3.05, 3.63) is 125 Å². The normalized spacial score (nSPS) is 24.2. The van der Waals surface area contributed by atoms with Crippen LogP contribution in [0.4, 0.5) is 35.0 Å². The lowest BCUT2D eigenvalue weighted by Crippen LogP contribution is -2.68. The van der Waals surface area contributed by atoms with Crippen molar-refractivity contribution in [2.45, 2.75) is 184 Å². The number of aliphatic imine (C=N–C) groups is 1. The van der Waals surface area contributed by atoms with Gasteiger partial charge < -0.3 is 90.6 Å². The van der Waals surface area contributed by atoms with E-state index in [2.05, 4.69) is 151 Å². The summed E-state index contributed by atoms with van der Waals surface area (Å²) in [6.45, 7) is 15.7. The minimum Gasteiger partial charge on any atom is -0.489 e. The first-order valence-corrected chi connectivity index (χ1v) is 50.0. The molecule has 4 bridgehead atoms. The third kappa shape index (κ3) is 22.9. The smallest absolute Gasteiger partial charge is 0.321 e. The molecule has 0 aromatic carbocycles. The van der Waals surface area contributed by atoms with Gasteiger partial charge in [0.15, 0.2) is 23.0 Å². The van der Waals surface area contributed by atoms with Gasteiger partial charge in [0, 0.05) is 178 Å². The number of aryl methyl sites for hydroxylation is 1. The maximum absolute atomic E-state index is 13.2. The Morgan fingerprint density at radius 2 is 1.11 bits per heavy atom. The summed E-state index contributed by atoms with van der Waals surface area (Å²) in [5.41, 5.74) is 18.0. The number of rotatable bonds is 34. The SMILES string of the molecule is C#C[C@@H]1C[C@@H]1COc1nc(C(=O)NC2(CO)CCC2)cc(N2CCC(C3=NCc4ncccc43)CC2)n1.C#C[C@@H]1C[C@@H]1COc1nc(C(=O)NC23CC(C2)C3)nc(N2CCC(c3[nH]nc4ncccc34)CC2)n1.CCNC(=O)c1cc(N2CCC(COc3cccnc3N)CC2)nc(OC[C@@H]2C[C@@H]2C#N)n1.COC[C@@H](C)Oc1nc(C(=O)NC23CC(C2)C3)cc(N2CCC(COc3nc(C)cnc3N)CC2)n1. The number of carbonyl (C=O) groups excluding carboxylic acids is 4. The van der Waals surface area contributed by atoms with Gasteiger partial charge in [-0.05, 0) is 209 Å². The first kappa shape index (κ1) is 96.8. The molecule has 5 aliphatic heterocycles. The van der Waals surface area contributed by atoms with Crippen molar-refractivity contribution in [3.8, 4) is 66.4 Å². The number of piperidine rings is 4. The fraction of sp³-hybridized carbons (Fsp3) is 0.559. The molecule has 0 unspecified atom stereocenters. The van der Waals surface area contributed by atoms with E-state index in [-0.39, 0.29) is 112 Å². The number of aromatic nitrogens is 16. The molecule has 4 saturated heterocycles. The first-order chi connectivity index (χ1) is 69.0. The maximum atomic E-state index is 13.2. The van der Waals surface area contributed by atoms with E-state index in [9.17, 15) is 24.3 Å². The van der Waals surface area contributed by atoms with Gasteiger partial charge in [0.1, 0.15) is 40.6 Å². The maximum Gasteiger partial charge on any atom is 0.321 e. The predicted molar refractivity (Wildman–Crippen MR) is 525 cm³/mol. The Labute approximate surface area is 824 Å². The van der Waals surface area contributed by atoms with Gasteiger partial charge in [-0.25, -0.2) is 19.9 Å². The van der Waals surface area contributed by atoms with E-state index in [4.69, 9.17) is 67.7 Å². The van der Waals surface area contributed by atoms with Gasteiger partial charge in [0.25, 0.3) is 29.5 Å². The Morgan fingerprint density at radius 3 is 1.66 bits per heavy atom. The fourth-order valence-electron chi connectivity index (χ4n) is 20.6. The number of aliphatic hydroxyl groups is 1. The highest BCUT2D eigenvalue weighted by atomic mass is 16.5. The number of aliphatic hydroxyl groups excluding tert-OH is 1. The minimum absolute atomic E-state index is 0.0271. The molecule has 0 radical (unpaired) electrons. The number of ether oxygens (including phenoxy) is 7. The second-order valence-electron chi connectivity index (χ2n) is 40.3. The zero-order valence-corrected chi connectivity index (χ0v) is 80.8. The number of nitrogens with zero attached hydrogens (tertiary/aromatic N) is 21. The molecule has 744 valence electrons. The summed E-state index contributed by atoms with van der Waals surface area (Å²) in [6, 6.07) is 19.9. The number of amides is 4. The summed E-state index contributed by atoms with van der Waals surface area (Å²) < 4.78 is 40.4. The molecule has 9 aromatic heterocycles. The van der Waals surface area contributed by atoms with Crippen LogP contribution in [0.5, 0.6) is 35.7 Å². The Balaban J connectivity index is 0.000000120. The molecule has 14 fully saturated rings. The molecule has 40 nitrogen and oxygen atoms in total. The molecule has 15 aliphatic rings. The topological polar surface area (TPSA) is 512 Å². The van der Waals surface area contributed by atoms with Gasteiger partial charge in [-0.1, -0.05) is 0 Å². The van der Waals surface area contributed by atoms with Crippen molar-refractivity contribution in [1.29, 1.82) is 5.26 Å². The quantitative estimate of drug-likeness (QED) is 0.0174. The Kier molecular flexibility index (Phi) is 29.2. The number of hydrogen-bond acceptors (Lipinski definition) is 35. The summed E-state index contributed by atoms with van der Waals surface area (Å²) >= 11 is 0. The van der Waals surface area contributed by atoms with Crippen LogP contribution in [-0.2, 0) is 11.3 Å². The van der Waals surface area contributed by atoms with E-state index >= 15 is 0 Å². The van der Waals surface area contributed by atoms with Gasteiger partial charge in [-0.3, -0.25) is 34.3 Å². The van der Waals surface area contributed by atoms with Crippen LogP contribution >= 0.6 is 0 Å². The number of nitrogen functional groups attached to an aromatic ring is 2. The van der Waals surface area contributed by atoms with Crippen molar-refractivity contribution >= 4 is 75.4 Å². The first-order valence-electron chi connectivity index (χ1n) is 50.0. The average molecular weight is 1930 g/mol.